The maximum absolute atomic E-state index is 12.4. The number of carbonyl (C=O) groups is 2. The van der Waals surface area contributed by atoms with Crippen LogP contribution in [0.4, 0.5) is 0 Å². The van der Waals surface area contributed by atoms with Gasteiger partial charge in [0.1, 0.15) is 11.6 Å². The molecular weight excluding hydrogens is 266 g/mol. The Morgan fingerprint density at radius 1 is 1.10 bits per heavy atom. The Bertz CT molecular complexity index is 380. The maximum Gasteiger partial charge on any atom is 0.329 e. The molecule has 2 rings (SSSR count). The van der Waals surface area contributed by atoms with Gasteiger partial charge in [0.15, 0.2) is 0 Å². The summed E-state index contributed by atoms with van der Waals surface area (Å²) in [6.07, 6.45) is 8.36. The van der Waals surface area contributed by atoms with Gasteiger partial charge in [-0.3, -0.25) is 4.79 Å². The Labute approximate surface area is 128 Å². The molecule has 0 unspecified atom stereocenters. The molecule has 21 heavy (non-hydrogen) atoms. The van der Waals surface area contributed by atoms with Gasteiger partial charge in [0, 0.05) is 13.0 Å². The van der Waals surface area contributed by atoms with Gasteiger partial charge in [-0.1, -0.05) is 25.7 Å². The molecule has 1 saturated carbocycles. The van der Waals surface area contributed by atoms with Crippen molar-refractivity contribution in [2.45, 2.75) is 83.8 Å². The highest BCUT2D eigenvalue weighted by Gasteiger charge is 2.36. The van der Waals surface area contributed by atoms with Gasteiger partial charge in [0.2, 0.25) is 5.91 Å². The fourth-order valence-electron chi connectivity index (χ4n) is 3.45. The third-order valence-corrected chi connectivity index (χ3v) is 4.49. The van der Waals surface area contributed by atoms with E-state index in [0.717, 1.165) is 25.2 Å². The van der Waals surface area contributed by atoms with Crippen LogP contribution in [-0.2, 0) is 14.3 Å². The number of likely N-dealkylation sites (tertiary alicyclic amines) is 1. The molecule has 0 spiro atoms. The number of carbonyl (C=O) groups excluding carboxylic acids is 2. The first kappa shape index (κ1) is 16.3. The highest BCUT2D eigenvalue weighted by atomic mass is 16.6. The molecule has 1 amide bonds. The Kier molecular flexibility index (Phi) is 5.28. The minimum absolute atomic E-state index is 0.134. The molecule has 4 nitrogen and oxygen atoms in total. The van der Waals surface area contributed by atoms with Gasteiger partial charge in [0.25, 0.3) is 0 Å². The molecule has 0 aromatic heterocycles. The molecule has 1 aliphatic carbocycles. The van der Waals surface area contributed by atoms with Gasteiger partial charge in [-0.15, -0.1) is 0 Å². The van der Waals surface area contributed by atoms with E-state index in [-0.39, 0.29) is 17.9 Å². The van der Waals surface area contributed by atoms with E-state index in [2.05, 4.69) is 0 Å². The minimum Gasteiger partial charge on any atom is -0.458 e. The number of hydrogen-bond acceptors (Lipinski definition) is 3. The van der Waals surface area contributed by atoms with Gasteiger partial charge in [0.05, 0.1) is 0 Å². The Morgan fingerprint density at radius 2 is 1.76 bits per heavy atom. The van der Waals surface area contributed by atoms with Gasteiger partial charge in [-0.2, -0.15) is 0 Å². The third-order valence-electron chi connectivity index (χ3n) is 4.49. The maximum atomic E-state index is 12.4. The van der Waals surface area contributed by atoms with E-state index < -0.39 is 5.60 Å². The summed E-state index contributed by atoms with van der Waals surface area (Å²) in [5.41, 5.74) is -0.488. The number of nitrogens with zero attached hydrogens (tertiary/aromatic N) is 1. The first-order valence-electron chi connectivity index (χ1n) is 8.39. The molecule has 4 heteroatoms. The van der Waals surface area contributed by atoms with E-state index in [9.17, 15) is 9.59 Å². The summed E-state index contributed by atoms with van der Waals surface area (Å²) in [7, 11) is 0. The van der Waals surface area contributed by atoms with Crippen LogP contribution >= 0.6 is 0 Å². The van der Waals surface area contributed by atoms with E-state index in [1.807, 2.05) is 20.8 Å². The number of ether oxygens (including phenoxy) is 1. The number of esters is 1. The third kappa shape index (κ3) is 4.72. The lowest BCUT2D eigenvalue weighted by Crippen LogP contribution is -2.43. The molecule has 1 aliphatic heterocycles. The van der Waals surface area contributed by atoms with Crippen molar-refractivity contribution in [1.82, 2.24) is 4.90 Å². The monoisotopic (exact) mass is 295 g/mol. The predicted molar refractivity (Wildman–Crippen MR) is 81.8 cm³/mol. The molecular formula is C17H29NO3. The molecule has 0 N–H and O–H groups in total. The van der Waals surface area contributed by atoms with Crippen molar-refractivity contribution in [2.24, 2.45) is 5.92 Å². The zero-order valence-electron chi connectivity index (χ0n) is 13.7. The quantitative estimate of drug-likeness (QED) is 0.748. The molecule has 0 bridgehead atoms. The Morgan fingerprint density at radius 3 is 2.38 bits per heavy atom. The zero-order chi connectivity index (χ0) is 15.5. The molecule has 0 radical (unpaired) electrons. The Hall–Kier alpha value is -1.06. The van der Waals surface area contributed by atoms with Crippen LogP contribution in [-0.4, -0.2) is 35.0 Å². The highest BCUT2D eigenvalue weighted by Crippen LogP contribution is 2.29. The second kappa shape index (κ2) is 6.80. The molecule has 2 fully saturated rings. The first-order chi connectivity index (χ1) is 9.87. The molecule has 1 heterocycles. The number of rotatable bonds is 4. The van der Waals surface area contributed by atoms with E-state index in [0.29, 0.717) is 13.0 Å². The minimum atomic E-state index is -0.488. The van der Waals surface area contributed by atoms with Crippen molar-refractivity contribution in [3.05, 3.63) is 0 Å². The van der Waals surface area contributed by atoms with E-state index in [4.69, 9.17) is 4.74 Å². The van der Waals surface area contributed by atoms with Crippen molar-refractivity contribution in [1.29, 1.82) is 0 Å². The average molecular weight is 295 g/mol. The fourth-order valence-corrected chi connectivity index (χ4v) is 3.45. The molecule has 1 atom stereocenters. The van der Waals surface area contributed by atoms with Crippen LogP contribution in [0.3, 0.4) is 0 Å². The van der Waals surface area contributed by atoms with Crippen LogP contribution in [0, 0.1) is 5.92 Å². The average Bonchev–Trinajstić information content (AvgIpc) is 3.05. The number of hydrogen-bond donors (Lipinski definition) is 0. The van der Waals surface area contributed by atoms with Crippen molar-refractivity contribution < 1.29 is 14.3 Å². The lowest BCUT2D eigenvalue weighted by Gasteiger charge is -2.27. The smallest absolute Gasteiger partial charge is 0.329 e. The summed E-state index contributed by atoms with van der Waals surface area (Å²) in [5.74, 6) is 0.612. The molecule has 1 saturated heterocycles. The van der Waals surface area contributed by atoms with Gasteiger partial charge < -0.3 is 9.64 Å². The topological polar surface area (TPSA) is 46.6 Å². The standard InChI is InChI=1S/C17H29NO3/c1-17(2,3)21-16(20)14-9-6-12-18(14)15(19)11-10-13-7-4-5-8-13/h13-14H,4-12H2,1-3H3/t14-/m1/s1. The van der Waals surface area contributed by atoms with Gasteiger partial charge in [-0.05, 0) is 46.0 Å². The van der Waals surface area contributed by atoms with Crippen LogP contribution in [0.2, 0.25) is 0 Å². The van der Waals surface area contributed by atoms with Gasteiger partial charge >= 0.3 is 5.97 Å². The molecule has 2 aliphatic rings. The largest absolute Gasteiger partial charge is 0.458 e. The summed E-state index contributed by atoms with van der Waals surface area (Å²) in [6.45, 7) is 6.30. The first-order valence-corrected chi connectivity index (χ1v) is 8.39. The normalized spacial score (nSPS) is 23.6. The van der Waals surface area contributed by atoms with Crippen molar-refractivity contribution in [2.75, 3.05) is 6.54 Å². The fraction of sp³-hybridized carbons (Fsp3) is 0.882. The SMILES string of the molecule is CC(C)(C)OC(=O)[C@H]1CCCN1C(=O)CCC1CCCC1. The number of amides is 1. The lowest BCUT2D eigenvalue weighted by atomic mass is 10.0. The van der Waals surface area contributed by atoms with E-state index in [1.165, 1.54) is 25.7 Å². The summed E-state index contributed by atoms with van der Waals surface area (Å²) in [4.78, 5) is 26.4. The summed E-state index contributed by atoms with van der Waals surface area (Å²) < 4.78 is 5.45. The van der Waals surface area contributed by atoms with E-state index in [1.54, 1.807) is 4.90 Å². The van der Waals surface area contributed by atoms with Crippen molar-refractivity contribution in [3.8, 4) is 0 Å². The summed E-state index contributed by atoms with van der Waals surface area (Å²) in [6, 6.07) is -0.361. The van der Waals surface area contributed by atoms with Crippen LogP contribution in [0.1, 0.15) is 72.1 Å². The molecule has 0 aromatic carbocycles. The van der Waals surface area contributed by atoms with Crippen LogP contribution in [0.5, 0.6) is 0 Å². The van der Waals surface area contributed by atoms with Crippen LogP contribution in [0.15, 0.2) is 0 Å². The Balaban J connectivity index is 1.85. The van der Waals surface area contributed by atoms with Crippen LogP contribution in [0.25, 0.3) is 0 Å². The summed E-state index contributed by atoms with van der Waals surface area (Å²) in [5, 5.41) is 0. The van der Waals surface area contributed by atoms with E-state index >= 15 is 0 Å². The zero-order valence-corrected chi connectivity index (χ0v) is 13.7. The lowest BCUT2D eigenvalue weighted by molar-refractivity contribution is -0.163. The molecule has 120 valence electrons. The predicted octanol–water partition coefficient (Wildman–Crippen LogP) is 3.29. The van der Waals surface area contributed by atoms with Crippen LogP contribution < -0.4 is 0 Å². The van der Waals surface area contributed by atoms with Crippen molar-refractivity contribution in [3.63, 3.8) is 0 Å². The highest BCUT2D eigenvalue weighted by molar-refractivity contribution is 5.85. The second-order valence-electron chi connectivity index (χ2n) is 7.47. The second-order valence-corrected chi connectivity index (χ2v) is 7.47. The van der Waals surface area contributed by atoms with Crippen molar-refractivity contribution >= 4 is 11.9 Å². The molecule has 0 aromatic rings. The van der Waals surface area contributed by atoms with Gasteiger partial charge in [-0.25, -0.2) is 4.79 Å². The summed E-state index contributed by atoms with van der Waals surface area (Å²) >= 11 is 0.